The molecule has 0 radical (unpaired) electrons. The molecule has 2 rings (SSSR count). The van der Waals surface area contributed by atoms with Gasteiger partial charge in [-0.3, -0.25) is 9.59 Å². The molecule has 1 aliphatic heterocycles. The number of nitrogens with one attached hydrogen (secondary N) is 1. The molecule has 0 aromatic heterocycles. The van der Waals surface area contributed by atoms with Crippen LogP contribution in [-0.2, 0) is 4.79 Å². The topological polar surface area (TPSA) is 75.4 Å². The number of nitrogens with two attached hydrogens (primary N) is 1. The Bertz CT molecular complexity index is 537. The van der Waals surface area contributed by atoms with Crippen molar-refractivity contribution in [1.82, 2.24) is 10.2 Å². The quantitative estimate of drug-likeness (QED) is 0.738. The zero-order valence-corrected chi connectivity index (χ0v) is 11.5. The van der Waals surface area contributed by atoms with E-state index in [2.05, 4.69) is 5.32 Å². The minimum Gasteiger partial charge on any atom is -0.399 e. The predicted molar refractivity (Wildman–Crippen MR) is 73.7 cm³/mol. The van der Waals surface area contributed by atoms with E-state index in [1.165, 1.54) is 0 Å². The zero-order chi connectivity index (χ0) is 14.2. The minimum absolute atomic E-state index is 0.126. The molecule has 0 unspecified atom stereocenters. The van der Waals surface area contributed by atoms with Gasteiger partial charge in [0.2, 0.25) is 5.91 Å². The molecule has 1 fully saturated rings. The number of hydrogen-bond acceptors (Lipinski definition) is 3. The first-order valence-electron chi connectivity index (χ1n) is 6.30. The Kier molecular flexibility index (Phi) is 3.22. The van der Waals surface area contributed by atoms with Gasteiger partial charge < -0.3 is 16.0 Å². The van der Waals surface area contributed by atoms with E-state index < -0.39 is 5.54 Å². The number of benzene rings is 1. The maximum Gasteiger partial charge on any atom is 0.254 e. The van der Waals surface area contributed by atoms with E-state index >= 15 is 0 Å². The fourth-order valence-electron chi connectivity index (χ4n) is 2.22. The van der Waals surface area contributed by atoms with Crippen LogP contribution in [0, 0.1) is 6.92 Å². The normalized spacial score (nSPS) is 18.1. The summed E-state index contributed by atoms with van der Waals surface area (Å²) in [5, 5.41) is 2.78. The molecular weight excluding hydrogens is 242 g/mol. The lowest BCUT2D eigenvalue weighted by Gasteiger charge is -2.41. The summed E-state index contributed by atoms with van der Waals surface area (Å²) < 4.78 is 0. The van der Waals surface area contributed by atoms with Crippen molar-refractivity contribution in [2.45, 2.75) is 26.3 Å². The van der Waals surface area contributed by atoms with Crippen molar-refractivity contribution in [3.05, 3.63) is 29.3 Å². The van der Waals surface area contributed by atoms with Crippen LogP contribution in [0.5, 0.6) is 0 Å². The molecule has 0 atom stereocenters. The minimum atomic E-state index is -0.829. The fraction of sp³-hybridized carbons (Fsp3) is 0.429. The summed E-state index contributed by atoms with van der Waals surface area (Å²) in [6.07, 6.45) is 0. The molecule has 5 heteroatoms. The molecule has 0 aliphatic carbocycles. The molecule has 0 bridgehead atoms. The van der Waals surface area contributed by atoms with Crippen LogP contribution in [0.4, 0.5) is 5.69 Å². The number of aryl methyl sites for hydroxylation is 1. The van der Waals surface area contributed by atoms with E-state index in [1.54, 1.807) is 36.9 Å². The number of anilines is 1. The number of nitrogens with zero attached hydrogens (tertiary/aromatic N) is 1. The van der Waals surface area contributed by atoms with Crippen molar-refractivity contribution in [3.8, 4) is 0 Å². The molecule has 0 spiro atoms. The average molecular weight is 261 g/mol. The largest absolute Gasteiger partial charge is 0.399 e. The third-order valence-corrected chi connectivity index (χ3v) is 3.61. The fourth-order valence-corrected chi connectivity index (χ4v) is 2.22. The lowest BCUT2D eigenvalue weighted by Crippen LogP contribution is -2.63. The Labute approximate surface area is 112 Å². The van der Waals surface area contributed by atoms with Gasteiger partial charge in [-0.25, -0.2) is 0 Å². The Morgan fingerprint density at radius 1 is 1.42 bits per heavy atom. The summed E-state index contributed by atoms with van der Waals surface area (Å²) in [7, 11) is 0. The SMILES string of the molecule is Cc1cc(C(=O)N2CCNC(=O)C2(C)C)ccc1N. The smallest absolute Gasteiger partial charge is 0.254 e. The summed E-state index contributed by atoms with van der Waals surface area (Å²) in [5.41, 5.74) is 7.01. The van der Waals surface area contributed by atoms with Crippen molar-refractivity contribution < 1.29 is 9.59 Å². The maximum absolute atomic E-state index is 12.5. The molecular formula is C14H19N3O2. The van der Waals surface area contributed by atoms with Crippen LogP contribution in [-0.4, -0.2) is 35.3 Å². The summed E-state index contributed by atoms with van der Waals surface area (Å²) in [4.78, 5) is 26.0. The second kappa shape index (κ2) is 4.57. The van der Waals surface area contributed by atoms with E-state index in [0.717, 1.165) is 5.56 Å². The third-order valence-electron chi connectivity index (χ3n) is 3.61. The van der Waals surface area contributed by atoms with E-state index in [4.69, 9.17) is 5.73 Å². The van der Waals surface area contributed by atoms with Gasteiger partial charge in [-0.1, -0.05) is 0 Å². The highest BCUT2D eigenvalue weighted by atomic mass is 16.2. The molecule has 0 saturated carbocycles. The van der Waals surface area contributed by atoms with Gasteiger partial charge in [0.1, 0.15) is 5.54 Å². The Morgan fingerprint density at radius 2 is 2.11 bits per heavy atom. The summed E-state index contributed by atoms with van der Waals surface area (Å²) in [5.74, 6) is -0.262. The van der Waals surface area contributed by atoms with Crippen LogP contribution in [0.3, 0.4) is 0 Å². The molecule has 2 amide bonds. The Balaban J connectivity index is 2.32. The highest BCUT2D eigenvalue weighted by Gasteiger charge is 2.40. The standard InChI is InChI=1S/C14H19N3O2/c1-9-8-10(4-5-11(9)15)12(18)17-7-6-16-13(19)14(17,2)3/h4-5,8H,6-7,15H2,1-3H3,(H,16,19). The first-order valence-corrected chi connectivity index (χ1v) is 6.30. The van der Waals surface area contributed by atoms with Crippen LogP contribution < -0.4 is 11.1 Å². The second-order valence-electron chi connectivity index (χ2n) is 5.34. The van der Waals surface area contributed by atoms with Gasteiger partial charge in [-0.05, 0) is 44.5 Å². The summed E-state index contributed by atoms with van der Waals surface area (Å²) >= 11 is 0. The monoisotopic (exact) mass is 261 g/mol. The molecule has 102 valence electrons. The lowest BCUT2D eigenvalue weighted by atomic mass is 9.97. The van der Waals surface area contributed by atoms with Crippen LogP contribution in [0.2, 0.25) is 0 Å². The van der Waals surface area contributed by atoms with Gasteiger partial charge in [0, 0.05) is 24.3 Å². The Hall–Kier alpha value is -2.04. The summed E-state index contributed by atoms with van der Waals surface area (Å²) in [6, 6.07) is 5.19. The van der Waals surface area contributed by atoms with Gasteiger partial charge in [0.25, 0.3) is 5.91 Å². The van der Waals surface area contributed by atoms with Gasteiger partial charge in [-0.2, -0.15) is 0 Å². The summed E-state index contributed by atoms with van der Waals surface area (Å²) in [6.45, 7) is 6.37. The maximum atomic E-state index is 12.5. The number of carbonyl (C=O) groups is 2. The van der Waals surface area contributed by atoms with E-state index in [1.807, 2.05) is 6.92 Å². The van der Waals surface area contributed by atoms with E-state index in [-0.39, 0.29) is 11.8 Å². The van der Waals surface area contributed by atoms with Crippen molar-refractivity contribution in [3.63, 3.8) is 0 Å². The zero-order valence-electron chi connectivity index (χ0n) is 11.5. The predicted octanol–water partition coefficient (Wildman–Crippen LogP) is 0.928. The van der Waals surface area contributed by atoms with Crippen molar-refractivity contribution in [2.24, 2.45) is 0 Å². The molecule has 1 aromatic rings. The molecule has 1 aromatic carbocycles. The number of hydrogen-bond donors (Lipinski definition) is 2. The lowest BCUT2D eigenvalue weighted by molar-refractivity contribution is -0.133. The van der Waals surface area contributed by atoms with Crippen LogP contribution in [0.25, 0.3) is 0 Å². The van der Waals surface area contributed by atoms with Crippen LogP contribution in [0.15, 0.2) is 18.2 Å². The number of piperazine rings is 1. The van der Waals surface area contributed by atoms with Gasteiger partial charge in [0.15, 0.2) is 0 Å². The van der Waals surface area contributed by atoms with E-state index in [9.17, 15) is 9.59 Å². The van der Waals surface area contributed by atoms with Crippen LogP contribution in [0.1, 0.15) is 29.8 Å². The number of nitrogen functional groups attached to an aromatic ring is 1. The molecule has 1 saturated heterocycles. The Morgan fingerprint density at radius 3 is 2.74 bits per heavy atom. The van der Waals surface area contributed by atoms with Gasteiger partial charge in [0.05, 0.1) is 0 Å². The highest BCUT2D eigenvalue weighted by Crippen LogP contribution is 2.22. The highest BCUT2D eigenvalue weighted by molar-refractivity contribution is 6.00. The average Bonchev–Trinajstić information content (AvgIpc) is 2.35. The molecule has 19 heavy (non-hydrogen) atoms. The molecule has 1 heterocycles. The van der Waals surface area contributed by atoms with Crippen LogP contribution >= 0.6 is 0 Å². The first-order chi connectivity index (χ1) is 8.84. The van der Waals surface area contributed by atoms with Crippen molar-refractivity contribution in [1.29, 1.82) is 0 Å². The van der Waals surface area contributed by atoms with Crippen molar-refractivity contribution in [2.75, 3.05) is 18.8 Å². The third kappa shape index (κ3) is 2.28. The molecule has 1 aliphatic rings. The molecule has 5 nitrogen and oxygen atoms in total. The van der Waals surface area contributed by atoms with Gasteiger partial charge in [-0.15, -0.1) is 0 Å². The number of amides is 2. The number of rotatable bonds is 1. The van der Waals surface area contributed by atoms with Crippen molar-refractivity contribution >= 4 is 17.5 Å². The van der Waals surface area contributed by atoms with E-state index in [0.29, 0.717) is 24.3 Å². The second-order valence-corrected chi connectivity index (χ2v) is 5.34. The number of carbonyl (C=O) groups excluding carboxylic acids is 2. The first kappa shape index (κ1) is 13.4. The molecule has 3 N–H and O–H groups in total. The van der Waals surface area contributed by atoms with Gasteiger partial charge >= 0.3 is 0 Å².